The minimum atomic E-state index is -0.802. The normalized spacial score (nSPS) is 10.1. The lowest BCUT2D eigenvalue weighted by atomic mass is 10.2. The summed E-state index contributed by atoms with van der Waals surface area (Å²) in [6.45, 7) is 2.37. The van der Waals surface area contributed by atoms with E-state index in [1.54, 1.807) is 13.0 Å². The molecule has 2 aromatic rings. The van der Waals surface area contributed by atoms with Crippen LogP contribution < -0.4 is 15.4 Å². The lowest BCUT2D eigenvalue weighted by molar-refractivity contribution is 0.0909. The summed E-state index contributed by atoms with van der Waals surface area (Å²) in [5.74, 6) is -0.231. The van der Waals surface area contributed by atoms with E-state index in [0.717, 1.165) is 0 Å². The Kier molecular flexibility index (Phi) is 7.22. The lowest BCUT2D eigenvalue weighted by Gasteiger charge is -2.07. The van der Waals surface area contributed by atoms with Crippen molar-refractivity contribution >= 4 is 33.9 Å². The average molecular weight is 425 g/mol. The monoisotopic (exact) mass is 424 g/mol. The van der Waals surface area contributed by atoms with E-state index >= 15 is 0 Å². The van der Waals surface area contributed by atoms with Crippen molar-refractivity contribution in [2.75, 3.05) is 19.7 Å². The maximum absolute atomic E-state index is 12.0. The third-order valence-corrected chi connectivity index (χ3v) is 3.50. The van der Waals surface area contributed by atoms with E-state index < -0.39 is 6.16 Å². The molecular weight excluding hydrogens is 408 g/mol. The Morgan fingerprint density at radius 2 is 1.65 bits per heavy atom. The molecule has 0 aliphatic heterocycles. The number of ether oxygens (including phenoxy) is 2. The SMILES string of the molecule is CCOC(=O)Oc1ccc(C(=O)NCCNC(=O)c2ccc(Br)o2)cc1. The molecule has 0 atom stereocenters. The van der Waals surface area contributed by atoms with E-state index in [-0.39, 0.29) is 43.0 Å². The predicted octanol–water partition coefficient (Wildman–Crippen LogP) is 2.74. The van der Waals surface area contributed by atoms with Crippen LogP contribution in [0.3, 0.4) is 0 Å². The van der Waals surface area contributed by atoms with Gasteiger partial charge in [-0.1, -0.05) is 0 Å². The summed E-state index contributed by atoms with van der Waals surface area (Å²) in [6, 6.07) is 9.17. The molecule has 1 aromatic carbocycles. The molecule has 0 spiro atoms. The number of hydrogen-bond acceptors (Lipinski definition) is 6. The van der Waals surface area contributed by atoms with Gasteiger partial charge in [0, 0.05) is 18.7 Å². The number of nitrogens with one attached hydrogen (secondary N) is 2. The fourth-order valence-electron chi connectivity index (χ4n) is 1.90. The molecule has 0 saturated carbocycles. The van der Waals surface area contributed by atoms with Crippen LogP contribution >= 0.6 is 15.9 Å². The number of furan rings is 1. The molecule has 0 aliphatic carbocycles. The maximum atomic E-state index is 12.0. The first-order chi connectivity index (χ1) is 12.5. The fraction of sp³-hybridized carbons (Fsp3) is 0.235. The summed E-state index contributed by atoms with van der Waals surface area (Å²) < 4.78 is 15.1. The third-order valence-electron chi connectivity index (χ3n) is 3.07. The van der Waals surface area contributed by atoms with Gasteiger partial charge in [-0.05, 0) is 59.3 Å². The van der Waals surface area contributed by atoms with Crippen molar-refractivity contribution < 1.29 is 28.3 Å². The molecule has 2 rings (SSSR count). The Morgan fingerprint density at radius 1 is 1.00 bits per heavy atom. The van der Waals surface area contributed by atoms with Crippen LogP contribution in [0, 0.1) is 0 Å². The van der Waals surface area contributed by atoms with Crippen LogP contribution in [0.1, 0.15) is 27.8 Å². The minimum Gasteiger partial charge on any atom is -0.444 e. The number of amides is 2. The molecule has 0 bridgehead atoms. The van der Waals surface area contributed by atoms with Gasteiger partial charge in [-0.3, -0.25) is 9.59 Å². The molecule has 26 heavy (non-hydrogen) atoms. The zero-order valence-corrected chi connectivity index (χ0v) is 15.5. The second-order valence-electron chi connectivity index (χ2n) is 4.93. The highest BCUT2D eigenvalue weighted by atomic mass is 79.9. The second-order valence-corrected chi connectivity index (χ2v) is 5.71. The first-order valence-corrected chi connectivity index (χ1v) is 8.55. The Morgan fingerprint density at radius 3 is 2.23 bits per heavy atom. The first-order valence-electron chi connectivity index (χ1n) is 7.76. The van der Waals surface area contributed by atoms with Crippen molar-refractivity contribution in [2.45, 2.75) is 6.92 Å². The van der Waals surface area contributed by atoms with Crippen molar-refractivity contribution in [1.82, 2.24) is 10.6 Å². The Bertz CT molecular complexity index is 772. The summed E-state index contributed by atoms with van der Waals surface area (Å²) in [4.78, 5) is 35.0. The lowest BCUT2D eigenvalue weighted by Crippen LogP contribution is -2.34. The average Bonchev–Trinajstić information content (AvgIpc) is 3.05. The van der Waals surface area contributed by atoms with Gasteiger partial charge < -0.3 is 24.5 Å². The van der Waals surface area contributed by atoms with Crippen LogP contribution in [0.15, 0.2) is 45.5 Å². The molecule has 2 amide bonds. The van der Waals surface area contributed by atoms with Crippen LogP contribution in [-0.2, 0) is 4.74 Å². The topological polar surface area (TPSA) is 107 Å². The van der Waals surface area contributed by atoms with Gasteiger partial charge in [0.05, 0.1) is 6.61 Å². The van der Waals surface area contributed by atoms with E-state index in [1.165, 1.54) is 30.3 Å². The van der Waals surface area contributed by atoms with Crippen molar-refractivity contribution in [2.24, 2.45) is 0 Å². The molecule has 0 fully saturated rings. The van der Waals surface area contributed by atoms with Crippen LogP contribution in [0.5, 0.6) is 5.75 Å². The standard InChI is InChI=1S/C17H17BrN2O6/c1-2-24-17(23)25-12-5-3-11(4-6-12)15(21)19-9-10-20-16(22)13-7-8-14(18)26-13/h3-8H,2,9-10H2,1H3,(H,19,21)(H,20,22). The number of rotatable bonds is 7. The zero-order chi connectivity index (χ0) is 18.9. The highest BCUT2D eigenvalue weighted by molar-refractivity contribution is 9.10. The summed E-state index contributed by atoms with van der Waals surface area (Å²) >= 11 is 3.11. The van der Waals surface area contributed by atoms with Gasteiger partial charge in [-0.2, -0.15) is 0 Å². The van der Waals surface area contributed by atoms with Crippen molar-refractivity contribution in [3.63, 3.8) is 0 Å². The van der Waals surface area contributed by atoms with Gasteiger partial charge in [0.2, 0.25) is 0 Å². The van der Waals surface area contributed by atoms with E-state index in [0.29, 0.717) is 10.2 Å². The highest BCUT2D eigenvalue weighted by Gasteiger charge is 2.11. The van der Waals surface area contributed by atoms with Crippen LogP contribution in [0.2, 0.25) is 0 Å². The Labute approximate surface area is 158 Å². The number of carbonyl (C=O) groups excluding carboxylic acids is 3. The van der Waals surface area contributed by atoms with Crippen LogP contribution in [-0.4, -0.2) is 37.7 Å². The zero-order valence-electron chi connectivity index (χ0n) is 13.9. The van der Waals surface area contributed by atoms with Crippen molar-refractivity contribution in [3.8, 4) is 5.75 Å². The predicted molar refractivity (Wildman–Crippen MR) is 95.2 cm³/mol. The molecule has 9 heteroatoms. The minimum absolute atomic E-state index is 0.181. The quantitative estimate of drug-likeness (QED) is 0.402. The van der Waals surface area contributed by atoms with Crippen LogP contribution in [0.4, 0.5) is 4.79 Å². The highest BCUT2D eigenvalue weighted by Crippen LogP contribution is 2.14. The van der Waals surface area contributed by atoms with Gasteiger partial charge in [-0.25, -0.2) is 4.79 Å². The summed E-state index contributed by atoms with van der Waals surface area (Å²) in [5, 5.41) is 5.29. The largest absolute Gasteiger partial charge is 0.513 e. The number of hydrogen-bond donors (Lipinski definition) is 2. The Balaban J connectivity index is 1.73. The van der Waals surface area contributed by atoms with E-state index in [1.807, 2.05) is 0 Å². The molecule has 2 N–H and O–H groups in total. The molecule has 1 heterocycles. The molecular formula is C17H17BrN2O6. The number of carbonyl (C=O) groups is 3. The third kappa shape index (κ3) is 5.92. The molecule has 0 unspecified atom stereocenters. The molecule has 138 valence electrons. The molecule has 0 aliphatic rings. The van der Waals surface area contributed by atoms with E-state index in [9.17, 15) is 14.4 Å². The Hall–Kier alpha value is -2.81. The van der Waals surface area contributed by atoms with Gasteiger partial charge in [-0.15, -0.1) is 0 Å². The number of benzene rings is 1. The summed E-state index contributed by atoms with van der Waals surface area (Å²) in [7, 11) is 0. The smallest absolute Gasteiger partial charge is 0.444 e. The molecule has 8 nitrogen and oxygen atoms in total. The first kappa shape index (κ1) is 19.5. The summed E-state index contributed by atoms with van der Waals surface area (Å²) in [6.07, 6.45) is -0.802. The van der Waals surface area contributed by atoms with Crippen LogP contribution in [0.25, 0.3) is 0 Å². The second kappa shape index (κ2) is 9.62. The van der Waals surface area contributed by atoms with Gasteiger partial charge in [0.15, 0.2) is 10.4 Å². The number of halogens is 1. The molecule has 1 aromatic heterocycles. The van der Waals surface area contributed by atoms with Gasteiger partial charge >= 0.3 is 6.16 Å². The molecule has 0 saturated heterocycles. The van der Waals surface area contributed by atoms with Gasteiger partial charge in [0.1, 0.15) is 5.75 Å². The van der Waals surface area contributed by atoms with E-state index in [4.69, 9.17) is 9.15 Å². The van der Waals surface area contributed by atoms with Crippen molar-refractivity contribution in [1.29, 1.82) is 0 Å². The summed E-state index contributed by atoms with van der Waals surface area (Å²) in [5.41, 5.74) is 0.391. The van der Waals surface area contributed by atoms with E-state index in [2.05, 4.69) is 31.3 Å². The maximum Gasteiger partial charge on any atom is 0.513 e. The van der Waals surface area contributed by atoms with Gasteiger partial charge in [0.25, 0.3) is 11.8 Å². The fourth-order valence-corrected chi connectivity index (χ4v) is 2.20. The van der Waals surface area contributed by atoms with Crippen molar-refractivity contribution in [3.05, 3.63) is 52.4 Å². The molecule has 0 radical (unpaired) electrons.